The minimum Gasteiger partial charge on any atom is -0.330 e. The number of nitrogens with two attached hydrogens (primary N) is 1. The van der Waals surface area contributed by atoms with Crippen molar-refractivity contribution in [2.75, 3.05) is 6.54 Å². The molecule has 0 spiro atoms. The molecule has 1 aromatic heterocycles. The standard InChI is InChI=1S/C17H17N3/c18-10-9-14-5-4-6-15(11-14)16-12-19-20(13-16)17-7-2-1-3-8-17/h1-8,11-13H,9-10,18H2. The van der Waals surface area contributed by atoms with E-state index in [9.17, 15) is 0 Å². The summed E-state index contributed by atoms with van der Waals surface area (Å²) >= 11 is 0. The quantitative estimate of drug-likeness (QED) is 0.786. The summed E-state index contributed by atoms with van der Waals surface area (Å²) in [5.41, 5.74) is 10.2. The van der Waals surface area contributed by atoms with Gasteiger partial charge in [0.1, 0.15) is 0 Å². The van der Waals surface area contributed by atoms with E-state index in [-0.39, 0.29) is 0 Å². The number of para-hydroxylation sites is 1. The van der Waals surface area contributed by atoms with Gasteiger partial charge in [-0.25, -0.2) is 4.68 Å². The Labute approximate surface area is 118 Å². The van der Waals surface area contributed by atoms with E-state index in [4.69, 9.17) is 5.73 Å². The van der Waals surface area contributed by atoms with Crippen molar-refractivity contribution in [3.63, 3.8) is 0 Å². The topological polar surface area (TPSA) is 43.8 Å². The zero-order valence-electron chi connectivity index (χ0n) is 11.2. The third-order valence-electron chi connectivity index (χ3n) is 3.30. The molecule has 0 bridgehead atoms. The van der Waals surface area contributed by atoms with E-state index >= 15 is 0 Å². The van der Waals surface area contributed by atoms with Crippen LogP contribution in [0.1, 0.15) is 5.56 Å². The second kappa shape index (κ2) is 5.72. The van der Waals surface area contributed by atoms with Crippen molar-refractivity contribution in [3.8, 4) is 16.8 Å². The summed E-state index contributed by atoms with van der Waals surface area (Å²) in [5.74, 6) is 0. The summed E-state index contributed by atoms with van der Waals surface area (Å²) < 4.78 is 1.89. The average molecular weight is 263 g/mol. The number of benzene rings is 2. The second-order valence-electron chi connectivity index (χ2n) is 4.75. The van der Waals surface area contributed by atoms with Crippen LogP contribution in [-0.2, 0) is 6.42 Å². The Balaban J connectivity index is 1.92. The summed E-state index contributed by atoms with van der Waals surface area (Å²) in [6.07, 6.45) is 4.85. The largest absolute Gasteiger partial charge is 0.330 e. The third-order valence-corrected chi connectivity index (χ3v) is 3.30. The van der Waals surface area contributed by atoms with Gasteiger partial charge < -0.3 is 5.73 Å². The molecule has 0 saturated heterocycles. The van der Waals surface area contributed by atoms with E-state index < -0.39 is 0 Å². The lowest BCUT2D eigenvalue weighted by molar-refractivity contribution is 0.881. The number of aromatic nitrogens is 2. The van der Waals surface area contributed by atoms with Gasteiger partial charge in [-0.1, -0.05) is 42.5 Å². The average Bonchev–Trinajstić information content (AvgIpc) is 2.99. The van der Waals surface area contributed by atoms with Gasteiger partial charge in [-0.15, -0.1) is 0 Å². The Morgan fingerprint density at radius 2 is 1.80 bits per heavy atom. The lowest BCUT2D eigenvalue weighted by Crippen LogP contribution is -2.02. The summed E-state index contributed by atoms with van der Waals surface area (Å²) in [6, 6.07) is 18.6. The van der Waals surface area contributed by atoms with Crippen LogP contribution in [0.5, 0.6) is 0 Å². The molecule has 0 amide bonds. The van der Waals surface area contributed by atoms with Gasteiger partial charge in [-0.05, 0) is 36.2 Å². The van der Waals surface area contributed by atoms with Gasteiger partial charge in [-0.3, -0.25) is 0 Å². The molecule has 20 heavy (non-hydrogen) atoms. The second-order valence-corrected chi connectivity index (χ2v) is 4.75. The molecule has 0 unspecified atom stereocenters. The number of hydrogen-bond acceptors (Lipinski definition) is 2. The van der Waals surface area contributed by atoms with Crippen LogP contribution >= 0.6 is 0 Å². The maximum absolute atomic E-state index is 5.61. The molecule has 3 rings (SSSR count). The Morgan fingerprint density at radius 1 is 0.950 bits per heavy atom. The van der Waals surface area contributed by atoms with Gasteiger partial charge in [0.15, 0.2) is 0 Å². The van der Waals surface area contributed by atoms with Crippen molar-refractivity contribution in [2.24, 2.45) is 5.73 Å². The van der Waals surface area contributed by atoms with Gasteiger partial charge >= 0.3 is 0 Å². The van der Waals surface area contributed by atoms with Crippen LogP contribution in [0, 0.1) is 0 Å². The summed E-state index contributed by atoms with van der Waals surface area (Å²) in [6.45, 7) is 0.673. The Hall–Kier alpha value is -2.39. The maximum atomic E-state index is 5.61. The lowest BCUT2D eigenvalue weighted by Gasteiger charge is -2.02. The predicted molar refractivity (Wildman–Crippen MR) is 81.8 cm³/mol. The van der Waals surface area contributed by atoms with Gasteiger partial charge in [0.05, 0.1) is 11.9 Å². The van der Waals surface area contributed by atoms with E-state index in [0.717, 1.165) is 17.7 Å². The first-order chi connectivity index (χ1) is 9.86. The van der Waals surface area contributed by atoms with Gasteiger partial charge in [-0.2, -0.15) is 5.10 Å². The zero-order valence-corrected chi connectivity index (χ0v) is 11.2. The van der Waals surface area contributed by atoms with E-state index in [0.29, 0.717) is 6.54 Å². The first-order valence-electron chi connectivity index (χ1n) is 6.76. The molecular formula is C17H17N3. The van der Waals surface area contributed by atoms with Crippen LogP contribution in [0.15, 0.2) is 67.0 Å². The van der Waals surface area contributed by atoms with Gasteiger partial charge in [0, 0.05) is 11.8 Å². The molecule has 0 fully saturated rings. The number of rotatable bonds is 4. The normalized spacial score (nSPS) is 10.7. The monoisotopic (exact) mass is 263 g/mol. The van der Waals surface area contributed by atoms with Crippen molar-refractivity contribution in [3.05, 3.63) is 72.6 Å². The van der Waals surface area contributed by atoms with Crippen LogP contribution < -0.4 is 5.73 Å². The molecule has 100 valence electrons. The first-order valence-corrected chi connectivity index (χ1v) is 6.76. The molecule has 3 aromatic rings. The van der Waals surface area contributed by atoms with Crippen LogP contribution in [0.4, 0.5) is 0 Å². The molecular weight excluding hydrogens is 246 g/mol. The van der Waals surface area contributed by atoms with Gasteiger partial charge in [0.2, 0.25) is 0 Å². The number of hydrogen-bond donors (Lipinski definition) is 1. The molecule has 0 atom stereocenters. The minimum atomic E-state index is 0.673. The maximum Gasteiger partial charge on any atom is 0.0645 e. The fourth-order valence-corrected chi connectivity index (χ4v) is 2.27. The van der Waals surface area contributed by atoms with Crippen molar-refractivity contribution in [1.29, 1.82) is 0 Å². The van der Waals surface area contributed by atoms with Crippen molar-refractivity contribution in [1.82, 2.24) is 9.78 Å². The highest BCUT2D eigenvalue weighted by Gasteiger charge is 2.04. The van der Waals surface area contributed by atoms with E-state index in [1.54, 1.807) is 0 Å². The molecule has 0 aliphatic carbocycles. The molecule has 0 aliphatic rings. The molecule has 0 saturated carbocycles. The van der Waals surface area contributed by atoms with E-state index in [2.05, 4.69) is 35.6 Å². The fourth-order valence-electron chi connectivity index (χ4n) is 2.27. The molecule has 0 radical (unpaired) electrons. The van der Waals surface area contributed by atoms with Crippen molar-refractivity contribution in [2.45, 2.75) is 6.42 Å². The Morgan fingerprint density at radius 3 is 2.60 bits per heavy atom. The molecule has 2 aromatic carbocycles. The smallest absolute Gasteiger partial charge is 0.0645 e. The van der Waals surface area contributed by atoms with Crippen molar-refractivity contribution >= 4 is 0 Å². The molecule has 1 heterocycles. The SMILES string of the molecule is NCCc1cccc(-c2cnn(-c3ccccc3)c2)c1. The number of nitrogens with zero attached hydrogens (tertiary/aromatic N) is 2. The molecule has 2 N–H and O–H groups in total. The highest BCUT2D eigenvalue weighted by molar-refractivity contribution is 5.63. The fraction of sp³-hybridized carbons (Fsp3) is 0.118. The Kier molecular flexibility index (Phi) is 3.61. The lowest BCUT2D eigenvalue weighted by atomic mass is 10.0. The summed E-state index contributed by atoms with van der Waals surface area (Å²) in [7, 11) is 0. The van der Waals surface area contributed by atoms with Crippen LogP contribution in [0.3, 0.4) is 0 Å². The van der Waals surface area contributed by atoms with Crippen molar-refractivity contribution < 1.29 is 0 Å². The minimum absolute atomic E-state index is 0.673. The van der Waals surface area contributed by atoms with Crippen LogP contribution in [0.25, 0.3) is 16.8 Å². The predicted octanol–water partition coefficient (Wildman–Crippen LogP) is 3.04. The van der Waals surface area contributed by atoms with E-state index in [1.165, 1.54) is 11.1 Å². The van der Waals surface area contributed by atoms with Gasteiger partial charge in [0.25, 0.3) is 0 Å². The van der Waals surface area contributed by atoms with E-state index in [1.807, 2.05) is 41.2 Å². The summed E-state index contributed by atoms with van der Waals surface area (Å²) in [4.78, 5) is 0. The Bertz CT molecular complexity index is 686. The molecule has 3 heteroatoms. The zero-order chi connectivity index (χ0) is 13.8. The first kappa shape index (κ1) is 12.6. The highest BCUT2D eigenvalue weighted by atomic mass is 15.3. The molecule has 3 nitrogen and oxygen atoms in total. The van der Waals surface area contributed by atoms with Crippen LogP contribution in [0.2, 0.25) is 0 Å². The third kappa shape index (κ3) is 2.63. The van der Waals surface area contributed by atoms with Crippen LogP contribution in [-0.4, -0.2) is 16.3 Å². The summed E-state index contributed by atoms with van der Waals surface area (Å²) in [5, 5.41) is 4.43. The highest BCUT2D eigenvalue weighted by Crippen LogP contribution is 2.21. The molecule has 0 aliphatic heterocycles.